The Morgan fingerprint density at radius 1 is 1.11 bits per heavy atom. The van der Waals surface area contributed by atoms with Crippen molar-refractivity contribution in [2.75, 3.05) is 36.2 Å². The van der Waals surface area contributed by atoms with Gasteiger partial charge in [0.25, 0.3) is 0 Å². The number of carbonyl (C=O) groups excluding carboxylic acids is 1. The Kier molecular flexibility index (Phi) is 6.59. The van der Waals surface area contributed by atoms with E-state index in [1.54, 1.807) is 18.2 Å². The van der Waals surface area contributed by atoms with Crippen LogP contribution in [0.1, 0.15) is 19.8 Å². The molecule has 10 nitrogen and oxygen atoms in total. The lowest BCUT2D eigenvalue weighted by Gasteiger charge is -2.33. The van der Waals surface area contributed by atoms with Gasteiger partial charge in [-0.3, -0.25) is 0 Å². The fourth-order valence-electron chi connectivity index (χ4n) is 4.06. The molecule has 1 aliphatic carbocycles. The minimum Gasteiger partial charge on any atom is -0.377 e. The van der Waals surface area contributed by atoms with Gasteiger partial charge in [-0.2, -0.15) is 0 Å². The number of anilines is 2. The summed E-state index contributed by atoms with van der Waals surface area (Å²) in [6.45, 7) is 3.76. The molecule has 1 atom stereocenters. The molecule has 1 saturated heterocycles. The van der Waals surface area contributed by atoms with Crippen molar-refractivity contribution in [3.8, 4) is 22.5 Å². The number of ether oxygens (including phenoxy) is 1. The Hall–Kier alpha value is -3.57. The first-order valence-electron chi connectivity index (χ1n) is 11.8. The SMILES string of the molecule is CC1COCCN1c1nc(-c2ccc(NC(=O)NC3CC3)cc2)cc(-c2cccnc2S(C)(=O)=O)n1. The zero-order chi connectivity index (χ0) is 25.3. The van der Waals surface area contributed by atoms with Crippen LogP contribution in [-0.2, 0) is 14.6 Å². The highest BCUT2D eigenvalue weighted by Crippen LogP contribution is 2.31. The average Bonchev–Trinajstić information content (AvgIpc) is 3.68. The topological polar surface area (TPSA) is 126 Å². The van der Waals surface area contributed by atoms with E-state index >= 15 is 0 Å². The minimum atomic E-state index is -3.58. The van der Waals surface area contributed by atoms with E-state index in [1.165, 1.54) is 6.20 Å². The van der Waals surface area contributed by atoms with Crippen LogP contribution in [0.5, 0.6) is 0 Å². The van der Waals surface area contributed by atoms with Gasteiger partial charge in [0.2, 0.25) is 5.95 Å². The molecule has 1 saturated carbocycles. The molecule has 0 spiro atoms. The molecule has 2 amide bonds. The Morgan fingerprint density at radius 2 is 1.86 bits per heavy atom. The third-order valence-corrected chi connectivity index (χ3v) is 7.12. The Labute approximate surface area is 210 Å². The summed E-state index contributed by atoms with van der Waals surface area (Å²) in [7, 11) is -3.58. The highest BCUT2D eigenvalue weighted by molar-refractivity contribution is 7.90. The molecule has 0 bridgehead atoms. The summed E-state index contributed by atoms with van der Waals surface area (Å²) >= 11 is 0. The molecule has 3 aromatic rings. The summed E-state index contributed by atoms with van der Waals surface area (Å²) in [5.41, 5.74) is 2.98. The van der Waals surface area contributed by atoms with Crippen LogP contribution in [-0.4, -0.2) is 67.5 Å². The number of pyridine rings is 1. The first-order chi connectivity index (χ1) is 17.3. The van der Waals surface area contributed by atoms with E-state index in [9.17, 15) is 13.2 Å². The van der Waals surface area contributed by atoms with Crippen LogP contribution < -0.4 is 15.5 Å². The van der Waals surface area contributed by atoms with Gasteiger partial charge < -0.3 is 20.3 Å². The maximum absolute atomic E-state index is 12.4. The number of nitrogens with zero attached hydrogens (tertiary/aromatic N) is 4. The number of hydrogen-bond donors (Lipinski definition) is 2. The number of amides is 2. The van der Waals surface area contributed by atoms with Gasteiger partial charge in [-0.05, 0) is 50.1 Å². The molecule has 1 unspecified atom stereocenters. The van der Waals surface area contributed by atoms with E-state index in [0.717, 1.165) is 24.7 Å². The molecule has 1 aliphatic heterocycles. The molecule has 2 fully saturated rings. The van der Waals surface area contributed by atoms with Gasteiger partial charge in [0.1, 0.15) is 0 Å². The molecule has 2 N–H and O–H groups in total. The number of sulfone groups is 1. The van der Waals surface area contributed by atoms with Crippen LogP contribution in [0.3, 0.4) is 0 Å². The number of hydrogen-bond acceptors (Lipinski definition) is 8. The fourth-order valence-corrected chi connectivity index (χ4v) is 4.88. The van der Waals surface area contributed by atoms with Gasteiger partial charge >= 0.3 is 6.03 Å². The predicted molar refractivity (Wildman–Crippen MR) is 137 cm³/mol. The van der Waals surface area contributed by atoms with Crippen molar-refractivity contribution >= 4 is 27.5 Å². The average molecular weight is 509 g/mol. The van der Waals surface area contributed by atoms with Crippen molar-refractivity contribution in [1.29, 1.82) is 0 Å². The summed E-state index contributed by atoms with van der Waals surface area (Å²) in [4.78, 5) is 27.8. The maximum atomic E-state index is 12.4. The lowest BCUT2D eigenvalue weighted by molar-refractivity contribution is 0.0981. The number of nitrogens with one attached hydrogen (secondary N) is 2. The van der Waals surface area contributed by atoms with Gasteiger partial charge in [0.15, 0.2) is 14.9 Å². The second-order valence-corrected chi connectivity index (χ2v) is 11.1. The monoisotopic (exact) mass is 508 g/mol. The van der Waals surface area contributed by atoms with Gasteiger partial charge in [-0.15, -0.1) is 0 Å². The predicted octanol–water partition coefficient (Wildman–Crippen LogP) is 3.12. The van der Waals surface area contributed by atoms with Gasteiger partial charge in [-0.1, -0.05) is 12.1 Å². The lowest BCUT2D eigenvalue weighted by Crippen LogP contribution is -2.44. The summed E-state index contributed by atoms with van der Waals surface area (Å²) in [5, 5.41) is 5.71. The third kappa shape index (κ3) is 5.47. The molecule has 2 aliphatic rings. The van der Waals surface area contributed by atoms with E-state index < -0.39 is 9.84 Å². The Bertz CT molecular complexity index is 1380. The molecule has 3 heterocycles. The number of morpholine rings is 1. The maximum Gasteiger partial charge on any atom is 0.319 e. The first-order valence-corrected chi connectivity index (χ1v) is 13.7. The normalized spacial score (nSPS) is 18.1. The number of carbonyl (C=O) groups is 1. The van der Waals surface area contributed by atoms with Crippen LogP contribution in [0, 0.1) is 0 Å². The first kappa shape index (κ1) is 24.1. The van der Waals surface area contributed by atoms with E-state index in [4.69, 9.17) is 14.7 Å². The lowest BCUT2D eigenvalue weighted by atomic mass is 10.1. The van der Waals surface area contributed by atoms with Crippen molar-refractivity contribution in [2.24, 2.45) is 0 Å². The van der Waals surface area contributed by atoms with Crippen LogP contribution in [0.2, 0.25) is 0 Å². The minimum absolute atomic E-state index is 0.0307. The smallest absolute Gasteiger partial charge is 0.319 e. The van der Waals surface area contributed by atoms with Crippen LogP contribution in [0.15, 0.2) is 53.7 Å². The molecule has 36 heavy (non-hydrogen) atoms. The quantitative estimate of drug-likeness (QED) is 0.520. The molecule has 1 aromatic carbocycles. The van der Waals surface area contributed by atoms with Gasteiger partial charge in [-0.25, -0.2) is 28.2 Å². The standard InChI is InChI=1S/C25H28N6O4S/c1-16-15-35-13-12-31(16)24-29-21(14-22(30-24)20-4-3-11-26-23(20)36(2,33)34)17-5-7-18(8-6-17)27-25(32)28-19-9-10-19/h3-8,11,14,16,19H,9-10,12-13,15H2,1-2H3,(H2,27,28,32). The molecule has 2 aromatic heterocycles. The highest BCUT2D eigenvalue weighted by atomic mass is 32.2. The second kappa shape index (κ2) is 9.82. The summed E-state index contributed by atoms with van der Waals surface area (Å²) in [6, 6.07) is 12.6. The summed E-state index contributed by atoms with van der Waals surface area (Å²) in [5.74, 6) is 0.493. The fraction of sp³-hybridized carbons (Fsp3) is 0.360. The van der Waals surface area contributed by atoms with E-state index in [0.29, 0.717) is 48.3 Å². The Morgan fingerprint density at radius 3 is 2.56 bits per heavy atom. The van der Waals surface area contributed by atoms with Crippen molar-refractivity contribution in [3.63, 3.8) is 0 Å². The molecule has 0 radical (unpaired) electrons. The van der Waals surface area contributed by atoms with Crippen molar-refractivity contribution in [2.45, 2.75) is 36.9 Å². The molecular weight excluding hydrogens is 480 g/mol. The van der Waals surface area contributed by atoms with E-state index in [1.807, 2.05) is 31.2 Å². The van der Waals surface area contributed by atoms with Crippen LogP contribution in [0.4, 0.5) is 16.4 Å². The number of benzene rings is 1. The zero-order valence-corrected chi connectivity index (χ0v) is 21.0. The van der Waals surface area contributed by atoms with Crippen molar-refractivity contribution in [3.05, 3.63) is 48.7 Å². The van der Waals surface area contributed by atoms with Gasteiger partial charge in [0.05, 0.1) is 30.6 Å². The highest BCUT2D eigenvalue weighted by Gasteiger charge is 2.25. The molecule has 5 rings (SSSR count). The van der Waals surface area contributed by atoms with Crippen molar-refractivity contribution < 1.29 is 17.9 Å². The van der Waals surface area contributed by atoms with Crippen LogP contribution in [0.25, 0.3) is 22.5 Å². The van der Waals surface area contributed by atoms with Gasteiger partial charge in [0, 0.05) is 41.9 Å². The Balaban J connectivity index is 1.53. The van der Waals surface area contributed by atoms with E-state index in [2.05, 4.69) is 20.5 Å². The molecule has 11 heteroatoms. The summed E-state index contributed by atoms with van der Waals surface area (Å²) in [6.07, 6.45) is 4.63. The molecular formula is C25H28N6O4S. The summed E-state index contributed by atoms with van der Waals surface area (Å²) < 4.78 is 30.5. The number of rotatable bonds is 6. The number of aromatic nitrogens is 3. The second-order valence-electron chi connectivity index (χ2n) is 9.13. The van der Waals surface area contributed by atoms with E-state index in [-0.39, 0.29) is 23.1 Å². The third-order valence-electron chi connectivity index (χ3n) is 6.09. The van der Waals surface area contributed by atoms with Crippen molar-refractivity contribution in [1.82, 2.24) is 20.3 Å². The molecule has 188 valence electrons. The zero-order valence-electron chi connectivity index (χ0n) is 20.1. The number of urea groups is 1. The largest absolute Gasteiger partial charge is 0.377 e. The van der Waals surface area contributed by atoms with Crippen LogP contribution >= 0.6 is 0 Å².